The Labute approximate surface area is 81.5 Å². The van der Waals surface area contributed by atoms with E-state index in [2.05, 4.69) is 9.47 Å². The van der Waals surface area contributed by atoms with Crippen LogP contribution < -0.4 is 0 Å². The Balaban J connectivity index is 2.96. The molecular formula is C10H12F2O2. The van der Waals surface area contributed by atoms with E-state index in [1.165, 1.54) is 12.2 Å². The van der Waals surface area contributed by atoms with Crippen LogP contribution in [0.3, 0.4) is 0 Å². The molecule has 0 atom stereocenters. The molecule has 0 unspecified atom stereocenters. The first-order valence-electron chi connectivity index (χ1n) is 4.25. The van der Waals surface area contributed by atoms with E-state index < -0.39 is 6.29 Å². The van der Waals surface area contributed by atoms with Crippen molar-refractivity contribution in [2.45, 2.75) is 27.1 Å². The topological polar surface area (TPSA) is 18.5 Å². The SMILES string of the molecule is C\C=C(C)/C=C1/OC(F)(F)O/C1=C/C. The van der Waals surface area contributed by atoms with Gasteiger partial charge in [-0.15, -0.1) is 8.78 Å². The van der Waals surface area contributed by atoms with E-state index in [0.717, 1.165) is 5.57 Å². The van der Waals surface area contributed by atoms with Crippen LogP contribution in [0.2, 0.25) is 0 Å². The van der Waals surface area contributed by atoms with Crippen LogP contribution in [0.4, 0.5) is 8.78 Å². The predicted octanol–water partition coefficient (Wildman–Crippen LogP) is 3.34. The summed E-state index contributed by atoms with van der Waals surface area (Å²) in [6.45, 7) is 5.22. The largest absolute Gasteiger partial charge is 0.586 e. The van der Waals surface area contributed by atoms with Gasteiger partial charge in [0, 0.05) is 0 Å². The molecule has 0 spiro atoms. The molecule has 0 saturated carbocycles. The van der Waals surface area contributed by atoms with Gasteiger partial charge in [-0.3, -0.25) is 0 Å². The molecule has 0 aromatic rings. The summed E-state index contributed by atoms with van der Waals surface area (Å²) < 4.78 is 33.9. The van der Waals surface area contributed by atoms with Gasteiger partial charge >= 0.3 is 6.29 Å². The predicted molar refractivity (Wildman–Crippen MR) is 48.4 cm³/mol. The number of rotatable bonds is 1. The maximum absolute atomic E-state index is 12.6. The number of halogens is 2. The second-order valence-electron chi connectivity index (χ2n) is 2.86. The standard InChI is InChI=1S/C10H12F2O2/c1-4-7(3)6-9-8(5-2)13-10(11,12)14-9/h4-6H,1-3H3/b7-4-,8-5+,9-6+. The summed E-state index contributed by atoms with van der Waals surface area (Å²) in [5.41, 5.74) is 0.834. The number of hydrogen-bond donors (Lipinski definition) is 0. The highest BCUT2D eigenvalue weighted by Crippen LogP contribution is 2.36. The average molecular weight is 202 g/mol. The lowest BCUT2D eigenvalue weighted by atomic mass is 10.2. The zero-order chi connectivity index (χ0) is 10.8. The molecule has 0 aromatic heterocycles. The van der Waals surface area contributed by atoms with Gasteiger partial charge in [-0.05, 0) is 32.9 Å². The van der Waals surface area contributed by atoms with Crippen LogP contribution >= 0.6 is 0 Å². The van der Waals surface area contributed by atoms with Crippen molar-refractivity contribution in [1.82, 2.24) is 0 Å². The van der Waals surface area contributed by atoms with Crippen LogP contribution in [0.5, 0.6) is 0 Å². The van der Waals surface area contributed by atoms with Crippen molar-refractivity contribution in [3.05, 3.63) is 35.3 Å². The van der Waals surface area contributed by atoms with Crippen LogP contribution in [0.15, 0.2) is 35.3 Å². The van der Waals surface area contributed by atoms with Gasteiger partial charge in [0.05, 0.1) is 0 Å². The summed E-state index contributed by atoms with van der Waals surface area (Å²) in [6.07, 6.45) is 1.20. The fraction of sp³-hybridized carbons (Fsp3) is 0.400. The van der Waals surface area contributed by atoms with Crippen LogP contribution in [0.1, 0.15) is 20.8 Å². The number of hydrogen-bond acceptors (Lipinski definition) is 2. The minimum Gasteiger partial charge on any atom is -0.396 e. The zero-order valence-electron chi connectivity index (χ0n) is 8.30. The van der Waals surface area contributed by atoms with Gasteiger partial charge in [0.2, 0.25) is 0 Å². The third-order valence-electron chi connectivity index (χ3n) is 1.78. The van der Waals surface area contributed by atoms with E-state index >= 15 is 0 Å². The first-order valence-corrected chi connectivity index (χ1v) is 4.25. The van der Waals surface area contributed by atoms with E-state index in [0.29, 0.717) is 0 Å². The number of allylic oxidation sites excluding steroid dienone is 4. The lowest BCUT2D eigenvalue weighted by Crippen LogP contribution is -2.14. The first kappa shape index (κ1) is 10.8. The third kappa shape index (κ3) is 2.34. The first-order chi connectivity index (χ1) is 6.48. The fourth-order valence-electron chi connectivity index (χ4n) is 0.969. The molecule has 0 amide bonds. The lowest BCUT2D eigenvalue weighted by molar-refractivity contribution is -0.326. The van der Waals surface area contributed by atoms with E-state index in [1.807, 2.05) is 6.92 Å². The minimum absolute atomic E-state index is 0.0631. The van der Waals surface area contributed by atoms with Crippen LogP contribution in [0.25, 0.3) is 0 Å². The van der Waals surface area contributed by atoms with Crippen molar-refractivity contribution in [3.8, 4) is 0 Å². The summed E-state index contributed by atoms with van der Waals surface area (Å²) in [4.78, 5) is 0. The quantitative estimate of drug-likeness (QED) is 0.649. The minimum atomic E-state index is -3.54. The van der Waals surface area contributed by atoms with Crippen molar-refractivity contribution < 1.29 is 18.3 Å². The van der Waals surface area contributed by atoms with Crippen LogP contribution in [-0.2, 0) is 9.47 Å². The molecule has 1 fully saturated rings. The second kappa shape index (κ2) is 3.82. The summed E-state index contributed by atoms with van der Waals surface area (Å²) in [7, 11) is 0. The highest BCUT2D eigenvalue weighted by molar-refractivity contribution is 5.30. The van der Waals surface area contributed by atoms with Gasteiger partial charge in [0.25, 0.3) is 0 Å². The van der Waals surface area contributed by atoms with Gasteiger partial charge in [-0.1, -0.05) is 11.6 Å². The molecule has 1 heterocycles. The summed E-state index contributed by atoms with van der Waals surface area (Å²) in [5.74, 6) is 0.129. The molecule has 78 valence electrons. The molecule has 0 aliphatic carbocycles. The Morgan fingerprint density at radius 2 is 1.79 bits per heavy atom. The van der Waals surface area contributed by atoms with Gasteiger partial charge in [0.1, 0.15) is 0 Å². The van der Waals surface area contributed by atoms with E-state index in [-0.39, 0.29) is 11.5 Å². The Morgan fingerprint density at radius 3 is 2.29 bits per heavy atom. The Kier molecular flexibility index (Phi) is 2.93. The van der Waals surface area contributed by atoms with E-state index in [4.69, 9.17) is 0 Å². The van der Waals surface area contributed by atoms with E-state index in [9.17, 15) is 8.78 Å². The molecule has 2 nitrogen and oxygen atoms in total. The summed E-state index contributed by atoms with van der Waals surface area (Å²) in [6, 6.07) is 0. The Hall–Kier alpha value is -1.32. The Bertz CT molecular complexity index is 314. The molecule has 1 aliphatic heterocycles. The van der Waals surface area contributed by atoms with Gasteiger partial charge in [-0.2, -0.15) is 0 Å². The Morgan fingerprint density at radius 1 is 1.21 bits per heavy atom. The van der Waals surface area contributed by atoms with Gasteiger partial charge in [0.15, 0.2) is 11.5 Å². The molecule has 1 rings (SSSR count). The number of alkyl halides is 2. The molecule has 1 saturated heterocycles. The highest BCUT2D eigenvalue weighted by atomic mass is 19.3. The molecule has 0 aromatic carbocycles. The fourth-order valence-corrected chi connectivity index (χ4v) is 0.969. The van der Waals surface area contributed by atoms with Crippen LogP contribution in [0, 0.1) is 0 Å². The smallest absolute Gasteiger partial charge is 0.396 e. The maximum atomic E-state index is 12.6. The summed E-state index contributed by atoms with van der Waals surface area (Å²) >= 11 is 0. The van der Waals surface area contributed by atoms with Crippen molar-refractivity contribution in [3.63, 3.8) is 0 Å². The molecule has 0 N–H and O–H groups in total. The molecule has 14 heavy (non-hydrogen) atoms. The highest BCUT2D eigenvalue weighted by Gasteiger charge is 2.45. The maximum Gasteiger partial charge on any atom is 0.586 e. The molecule has 0 radical (unpaired) electrons. The molecule has 0 bridgehead atoms. The average Bonchev–Trinajstić information content (AvgIpc) is 2.40. The van der Waals surface area contributed by atoms with Crippen molar-refractivity contribution in [2.24, 2.45) is 0 Å². The van der Waals surface area contributed by atoms with Crippen molar-refractivity contribution in [2.75, 3.05) is 0 Å². The van der Waals surface area contributed by atoms with Crippen LogP contribution in [-0.4, -0.2) is 6.29 Å². The zero-order valence-corrected chi connectivity index (χ0v) is 8.30. The molecular weight excluding hydrogens is 190 g/mol. The normalized spacial score (nSPS) is 26.5. The van der Waals surface area contributed by atoms with Crippen molar-refractivity contribution >= 4 is 0 Å². The van der Waals surface area contributed by atoms with E-state index in [1.54, 1.807) is 19.9 Å². The second-order valence-corrected chi connectivity index (χ2v) is 2.86. The lowest BCUT2D eigenvalue weighted by Gasteiger charge is -2.03. The molecule has 4 heteroatoms. The summed E-state index contributed by atoms with van der Waals surface area (Å²) in [5, 5.41) is 0. The van der Waals surface area contributed by atoms with Crippen molar-refractivity contribution in [1.29, 1.82) is 0 Å². The molecule has 1 aliphatic rings. The third-order valence-corrected chi connectivity index (χ3v) is 1.78. The van der Waals surface area contributed by atoms with Gasteiger partial charge in [-0.25, -0.2) is 0 Å². The number of ether oxygens (including phenoxy) is 2. The van der Waals surface area contributed by atoms with Gasteiger partial charge < -0.3 is 9.47 Å². The monoisotopic (exact) mass is 202 g/mol.